The van der Waals surface area contributed by atoms with Crippen LogP contribution < -0.4 is 21.3 Å². The Kier molecular flexibility index (Phi) is 10.8. The molecule has 45 heavy (non-hydrogen) atoms. The van der Waals surface area contributed by atoms with Crippen molar-refractivity contribution in [1.29, 1.82) is 0 Å². The minimum absolute atomic E-state index is 0.0272. The van der Waals surface area contributed by atoms with Crippen LogP contribution in [-0.4, -0.2) is 53.0 Å². The summed E-state index contributed by atoms with van der Waals surface area (Å²) in [7, 11) is 0. The number of amides is 4. The number of carbonyl (C=O) groups is 5. The van der Waals surface area contributed by atoms with Crippen LogP contribution in [0.2, 0.25) is 10.0 Å². The van der Waals surface area contributed by atoms with Crippen LogP contribution in [0, 0.1) is 11.8 Å². The summed E-state index contributed by atoms with van der Waals surface area (Å²) in [5.74, 6) is -3.36. The summed E-state index contributed by atoms with van der Waals surface area (Å²) in [6.07, 6.45) is 5.87. The maximum Gasteiger partial charge on any atom is 0.289 e. The summed E-state index contributed by atoms with van der Waals surface area (Å²) < 4.78 is 0. The van der Waals surface area contributed by atoms with E-state index in [1.165, 1.54) is 0 Å². The molecule has 1 aliphatic carbocycles. The first kappa shape index (κ1) is 32.5. The van der Waals surface area contributed by atoms with Crippen molar-refractivity contribution in [3.63, 3.8) is 0 Å². The number of benzene rings is 2. The van der Waals surface area contributed by atoms with E-state index in [-0.39, 0.29) is 30.5 Å². The van der Waals surface area contributed by atoms with Crippen LogP contribution in [0.1, 0.15) is 67.4 Å². The van der Waals surface area contributed by atoms with Gasteiger partial charge in [0.2, 0.25) is 17.6 Å². The van der Waals surface area contributed by atoms with Crippen molar-refractivity contribution in [2.45, 2.75) is 70.0 Å². The second-order valence-corrected chi connectivity index (χ2v) is 12.7. The van der Waals surface area contributed by atoms with Gasteiger partial charge in [-0.1, -0.05) is 85.6 Å². The third-order valence-corrected chi connectivity index (χ3v) is 9.18. The summed E-state index contributed by atoms with van der Waals surface area (Å²) >= 11 is 12.4. The lowest BCUT2D eigenvalue weighted by Crippen LogP contribution is -2.55. The number of hydrogen-bond acceptors (Lipinski definition) is 5. The molecule has 4 amide bonds. The summed E-state index contributed by atoms with van der Waals surface area (Å²) in [4.78, 5) is 69.1. The van der Waals surface area contributed by atoms with E-state index in [4.69, 9.17) is 23.2 Å². The number of fused-ring (bicyclic) bond motifs is 1. The topological polar surface area (TPSA) is 149 Å². The first-order chi connectivity index (χ1) is 21.7. The van der Waals surface area contributed by atoms with Gasteiger partial charge in [-0.15, -0.1) is 0 Å². The van der Waals surface area contributed by atoms with E-state index in [0.29, 0.717) is 40.3 Å². The van der Waals surface area contributed by atoms with E-state index >= 15 is 0 Å². The van der Waals surface area contributed by atoms with E-state index in [1.54, 1.807) is 18.2 Å². The zero-order valence-electron chi connectivity index (χ0n) is 24.8. The summed E-state index contributed by atoms with van der Waals surface area (Å²) in [5.41, 5.74) is 1.59. The molecular weight excluding hydrogens is 617 g/mol. The normalized spacial score (nSPS) is 18.2. The average molecular weight is 655 g/mol. The van der Waals surface area contributed by atoms with Gasteiger partial charge >= 0.3 is 0 Å². The molecule has 2 aliphatic rings. The van der Waals surface area contributed by atoms with E-state index < -0.39 is 41.5 Å². The molecular formula is C33H37Cl2N5O5. The molecule has 0 bridgehead atoms. The highest BCUT2D eigenvalue weighted by molar-refractivity contribution is 6.39. The Morgan fingerprint density at radius 3 is 2.36 bits per heavy atom. The maximum atomic E-state index is 13.9. The Balaban J connectivity index is 1.34. The molecule has 238 valence electrons. The van der Waals surface area contributed by atoms with Crippen molar-refractivity contribution in [1.82, 2.24) is 26.3 Å². The van der Waals surface area contributed by atoms with Crippen LogP contribution in [0.3, 0.4) is 0 Å². The molecule has 0 spiro atoms. The highest BCUT2D eigenvalue weighted by Gasteiger charge is 2.36. The summed E-state index contributed by atoms with van der Waals surface area (Å²) in [6, 6.07) is 11.7. The van der Waals surface area contributed by atoms with Gasteiger partial charge in [0.25, 0.3) is 11.8 Å². The minimum Gasteiger partial charge on any atom is -0.356 e. The quantitative estimate of drug-likeness (QED) is 0.183. The van der Waals surface area contributed by atoms with Crippen LogP contribution in [-0.2, 0) is 25.7 Å². The Hall–Kier alpha value is -3.89. The van der Waals surface area contributed by atoms with Crippen molar-refractivity contribution in [2.24, 2.45) is 11.8 Å². The molecule has 3 aromatic rings. The summed E-state index contributed by atoms with van der Waals surface area (Å²) in [5, 5.41) is 12.4. The number of aromatic amines is 1. The molecule has 1 saturated heterocycles. The monoisotopic (exact) mass is 653 g/mol. The van der Waals surface area contributed by atoms with E-state index in [0.717, 1.165) is 37.7 Å². The molecule has 3 atom stereocenters. The van der Waals surface area contributed by atoms with Gasteiger partial charge in [0.05, 0.1) is 11.1 Å². The third-order valence-electron chi connectivity index (χ3n) is 8.65. The number of nitrogens with one attached hydrogen (secondary N) is 5. The van der Waals surface area contributed by atoms with Gasteiger partial charge in [0.15, 0.2) is 0 Å². The predicted molar refractivity (Wildman–Crippen MR) is 172 cm³/mol. The van der Waals surface area contributed by atoms with E-state index in [1.807, 2.05) is 30.3 Å². The van der Waals surface area contributed by atoms with Crippen LogP contribution in [0.15, 0.2) is 48.5 Å². The van der Waals surface area contributed by atoms with Gasteiger partial charge < -0.3 is 26.3 Å². The minimum atomic E-state index is -1.25. The molecule has 2 aromatic carbocycles. The SMILES string of the molecule is O=C(NCc1ccccc1)C(=O)C(C[C@@H]1CCNC1=O)NC(=O)[C@H](CC1CCCCC1)NC(=O)c1cc2c(Cl)cc(Cl)cc2[nH]1. The van der Waals surface area contributed by atoms with Gasteiger partial charge in [-0.25, -0.2) is 0 Å². The largest absolute Gasteiger partial charge is 0.356 e. The Morgan fingerprint density at radius 1 is 0.889 bits per heavy atom. The fourth-order valence-electron chi connectivity index (χ4n) is 6.19. The number of hydrogen-bond donors (Lipinski definition) is 5. The van der Waals surface area contributed by atoms with Gasteiger partial charge in [0, 0.05) is 34.9 Å². The number of halogens is 2. The first-order valence-electron chi connectivity index (χ1n) is 15.4. The molecule has 1 unspecified atom stereocenters. The van der Waals surface area contributed by atoms with Crippen molar-refractivity contribution < 1.29 is 24.0 Å². The molecule has 1 aliphatic heterocycles. The van der Waals surface area contributed by atoms with Crippen molar-refractivity contribution >= 4 is 63.5 Å². The second-order valence-electron chi connectivity index (χ2n) is 11.9. The molecule has 2 fully saturated rings. The highest BCUT2D eigenvalue weighted by Crippen LogP contribution is 2.30. The summed E-state index contributed by atoms with van der Waals surface area (Å²) in [6.45, 7) is 0.592. The molecule has 5 rings (SSSR count). The highest BCUT2D eigenvalue weighted by atomic mass is 35.5. The number of Topliss-reactive ketones (excluding diaryl/α,β-unsaturated/α-hetero) is 1. The van der Waals surface area contributed by atoms with Gasteiger partial charge in [-0.2, -0.15) is 0 Å². The fraction of sp³-hybridized carbons (Fsp3) is 0.424. The number of carbonyl (C=O) groups excluding carboxylic acids is 5. The predicted octanol–water partition coefficient (Wildman–Crippen LogP) is 4.44. The molecule has 5 N–H and O–H groups in total. The Bertz CT molecular complexity index is 1570. The van der Waals surface area contributed by atoms with Crippen molar-refractivity contribution in [3.8, 4) is 0 Å². The second kappa shape index (κ2) is 14.9. The van der Waals surface area contributed by atoms with Crippen LogP contribution in [0.5, 0.6) is 0 Å². The Labute approximate surface area is 271 Å². The number of ketones is 1. The van der Waals surface area contributed by atoms with Crippen molar-refractivity contribution in [2.75, 3.05) is 6.54 Å². The molecule has 1 saturated carbocycles. The number of rotatable bonds is 12. The lowest BCUT2D eigenvalue weighted by atomic mass is 9.84. The first-order valence-corrected chi connectivity index (χ1v) is 16.2. The average Bonchev–Trinajstić information content (AvgIpc) is 3.65. The van der Waals surface area contributed by atoms with Crippen molar-refractivity contribution in [3.05, 3.63) is 69.8 Å². The van der Waals surface area contributed by atoms with Crippen LogP contribution in [0.4, 0.5) is 0 Å². The third kappa shape index (κ3) is 8.43. The smallest absolute Gasteiger partial charge is 0.289 e. The molecule has 0 radical (unpaired) electrons. The van der Waals surface area contributed by atoms with E-state index in [9.17, 15) is 24.0 Å². The zero-order valence-corrected chi connectivity index (χ0v) is 26.3. The maximum absolute atomic E-state index is 13.9. The molecule has 10 nitrogen and oxygen atoms in total. The fourth-order valence-corrected chi connectivity index (χ4v) is 6.74. The Morgan fingerprint density at radius 2 is 1.64 bits per heavy atom. The van der Waals surface area contributed by atoms with Gasteiger partial charge in [-0.3, -0.25) is 24.0 Å². The van der Waals surface area contributed by atoms with Gasteiger partial charge in [0.1, 0.15) is 11.7 Å². The molecule has 2 heterocycles. The standard InChI is InChI=1S/C33H37Cl2N5O5/c34-22-15-24(35)23-17-28(38-25(23)16-22)32(44)40-27(13-19-7-3-1-4-8-19)31(43)39-26(14-21-11-12-36-30(21)42)29(41)33(45)37-18-20-9-5-2-6-10-20/h2,5-6,9-10,15-17,19,21,26-27,38H,1,3-4,7-8,11-14,18H2,(H,36,42)(H,37,45)(H,39,43)(H,40,44)/t21-,26?,27-/m0/s1. The number of aromatic nitrogens is 1. The lowest BCUT2D eigenvalue weighted by molar-refractivity contribution is -0.141. The molecule has 12 heteroatoms. The lowest BCUT2D eigenvalue weighted by Gasteiger charge is -2.28. The van der Waals surface area contributed by atoms with Crippen LogP contribution in [0.25, 0.3) is 10.9 Å². The molecule has 1 aromatic heterocycles. The van der Waals surface area contributed by atoms with Gasteiger partial charge in [-0.05, 0) is 48.9 Å². The van der Waals surface area contributed by atoms with Crippen LogP contribution >= 0.6 is 23.2 Å². The number of H-pyrrole nitrogens is 1. The van der Waals surface area contributed by atoms with E-state index in [2.05, 4.69) is 26.3 Å². The zero-order chi connectivity index (χ0) is 31.9.